The lowest BCUT2D eigenvalue weighted by Crippen LogP contribution is -2.28. The van der Waals surface area contributed by atoms with E-state index >= 15 is 0 Å². The average molecular weight is 449 g/mol. The second-order valence-corrected chi connectivity index (χ2v) is 8.16. The molecule has 8 nitrogen and oxygen atoms in total. The molecule has 166 valence electrons. The summed E-state index contributed by atoms with van der Waals surface area (Å²) in [5.41, 5.74) is 4.08. The molecule has 0 atom stereocenters. The zero-order chi connectivity index (χ0) is 23.2. The van der Waals surface area contributed by atoms with E-state index in [9.17, 15) is 14.4 Å². The maximum atomic E-state index is 13.0. The van der Waals surface area contributed by atoms with Crippen molar-refractivity contribution in [1.29, 1.82) is 0 Å². The monoisotopic (exact) mass is 449 g/mol. The van der Waals surface area contributed by atoms with E-state index in [2.05, 4.69) is 15.4 Å². The van der Waals surface area contributed by atoms with E-state index in [0.717, 1.165) is 12.1 Å². The number of nitrogens with one attached hydrogen (secondary N) is 2. The average Bonchev–Trinajstić information content (AvgIpc) is 3.49. The van der Waals surface area contributed by atoms with Gasteiger partial charge < -0.3 is 15.2 Å². The molecule has 0 saturated carbocycles. The zero-order valence-corrected chi connectivity index (χ0v) is 18.0. The number of benzene rings is 3. The Labute approximate surface area is 193 Å². The number of H-pyrrole nitrogens is 1. The zero-order valence-electron chi connectivity index (χ0n) is 18.0. The summed E-state index contributed by atoms with van der Waals surface area (Å²) >= 11 is 0. The fourth-order valence-electron chi connectivity index (χ4n) is 4.44. The van der Waals surface area contributed by atoms with Gasteiger partial charge in [-0.1, -0.05) is 30.3 Å². The highest BCUT2D eigenvalue weighted by atomic mass is 16.2. The normalized spacial score (nSPS) is 12.8. The summed E-state index contributed by atoms with van der Waals surface area (Å²) in [7, 11) is 0. The molecule has 0 aliphatic carbocycles. The Morgan fingerprint density at radius 2 is 1.71 bits per heavy atom. The van der Waals surface area contributed by atoms with E-state index in [4.69, 9.17) is 0 Å². The Morgan fingerprint density at radius 1 is 0.941 bits per heavy atom. The summed E-state index contributed by atoms with van der Waals surface area (Å²) in [6.45, 7) is 0.651. The molecule has 34 heavy (non-hydrogen) atoms. The lowest BCUT2D eigenvalue weighted by atomic mass is 10.1. The molecule has 5 aromatic rings. The SMILES string of the molecule is O=C(Nc1ccc(C(=O)N2CCc3ccccc32)cc1)c1cnn2c1[nH]c(=O)c1ccccc12. The number of carbonyl (C=O) groups excluding carboxylic acids is 2. The predicted octanol–water partition coefficient (Wildman–Crippen LogP) is 3.63. The molecular formula is C26H19N5O3. The van der Waals surface area contributed by atoms with Gasteiger partial charge in [0.2, 0.25) is 0 Å². The fraction of sp³-hybridized carbons (Fsp3) is 0.0769. The number of fused-ring (bicyclic) bond motifs is 4. The standard InChI is InChI=1S/C26H19N5O3/c32-24-19-6-2-4-8-22(19)31-23(29-24)20(15-27-31)25(33)28-18-11-9-17(10-12-18)26(34)30-14-13-16-5-1-3-7-21(16)30/h1-12,15H,13-14H2,(H,28,33)(H,29,32). The largest absolute Gasteiger partial charge is 0.322 e. The van der Waals surface area contributed by atoms with Gasteiger partial charge in [0.15, 0.2) is 0 Å². The number of nitrogens with zero attached hydrogens (tertiary/aromatic N) is 3. The maximum absolute atomic E-state index is 13.0. The van der Waals surface area contributed by atoms with E-state index in [0.29, 0.717) is 34.3 Å². The third-order valence-corrected chi connectivity index (χ3v) is 6.14. The van der Waals surface area contributed by atoms with Crippen molar-refractivity contribution < 1.29 is 9.59 Å². The number of carbonyl (C=O) groups is 2. The lowest BCUT2D eigenvalue weighted by Gasteiger charge is -2.17. The molecule has 0 fully saturated rings. The molecule has 0 spiro atoms. The van der Waals surface area contributed by atoms with Gasteiger partial charge in [-0.15, -0.1) is 0 Å². The van der Waals surface area contributed by atoms with Crippen LogP contribution in [0.5, 0.6) is 0 Å². The number of anilines is 2. The van der Waals surface area contributed by atoms with Gasteiger partial charge in [-0.05, 0) is 54.4 Å². The number of amides is 2. The van der Waals surface area contributed by atoms with E-state index in [1.54, 1.807) is 51.9 Å². The Balaban J connectivity index is 1.24. The highest BCUT2D eigenvalue weighted by molar-refractivity contribution is 6.10. The molecule has 2 amide bonds. The van der Waals surface area contributed by atoms with Gasteiger partial charge in [0, 0.05) is 23.5 Å². The van der Waals surface area contributed by atoms with E-state index < -0.39 is 5.91 Å². The van der Waals surface area contributed by atoms with Gasteiger partial charge in [-0.3, -0.25) is 14.4 Å². The molecule has 0 radical (unpaired) electrons. The molecule has 2 aromatic heterocycles. The first-order valence-corrected chi connectivity index (χ1v) is 10.9. The molecule has 1 aliphatic rings. The van der Waals surface area contributed by atoms with Crippen molar-refractivity contribution in [3.63, 3.8) is 0 Å². The van der Waals surface area contributed by atoms with Gasteiger partial charge in [-0.2, -0.15) is 5.10 Å². The molecular weight excluding hydrogens is 430 g/mol. The van der Waals surface area contributed by atoms with Gasteiger partial charge in [0.25, 0.3) is 17.4 Å². The van der Waals surface area contributed by atoms with Gasteiger partial charge in [0.05, 0.1) is 17.1 Å². The van der Waals surface area contributed by atoms with Crippen LogP contribution in [0.25, 0.3) is 16.6 Å². The highest BCUT2D eigenvalue weighted by Gasteiger charge is 2.25. The Bertz CT molecular complexity index is 1650. The molecule has 0 unspecified atom stereocenters. The summed E-state index contributed by atoms with van der Waals surface area (Å²) in [5, 5.41) is 7.59. The molecule has 2 N–H and O–H groups in total. The Hall–Kier alpha value is -4.72. The van der Waals surface area contributed by atoms with Crippen LogP contribution in [-0.2, 0) is 6.42 Å². The number of para-hydroxylation sites is 2. The summed E-state index contributed by atoms with van der Waals surface area (Å²) in [4.78, 5) is 42.9. The van der Waals surface area contributed by atoms with Crippen LogP contribution in [0.3, 0.4) is 0 Å². The first-order chi connectivity index (χ1) is 16.6. The van der Waals surface area contributed by atoms with Crippen molar-refractivity contribution in [3.8, 4) is 0 Å². The number of aromatic amines is 1. The van der Waals surface area contributed by atoms with Crippen molar-refractivity contribution in [2.75, 3.05) is 16.8 Å². The molecule has 6 rings (SSSR count). The second kappa shape index (κ2) is 7.70. The van der Waals surface area contributed by atoms with Crippen LogP contribution < -0.4 is 15.8 Å². The fourth-order valence-corrected chi connectivity index (χ4v) is 4.44. The van der Waals surface area contributed by atoms with Crippen LogP contribution in [-0.4, -0.2) is 33.0 Å². The van der Waals surface area contributed by atoms with Crippen LogP contribution in [0.1, 0.15) is 26.3 Å². The summed E-state index contributed by atoms with van der Waals surface area (Å²) in [6.07, 6.45) is 2.27. The first kappa shape index (κ1) is 19.9. The third kappa shape index (κ3) is 3.15. The van der Waals surface area contributed by atoms with Crippen LogP contribution in [0.4, 0.5) is 11.4 Å². The van der Waals surface area contributed by atoms with Crippen LogP contribution in [0.2, 0.25) is 0 Å². The molecule has 3 heterocycles. The van der Waals surface area contributed by atoms with Crippen molar-refractivity contribution >= 4 is 39.7 Å². The van der Waals surface area contributed by atoms with Gasteiger partial charge in [0.1, 0.15) is 11.2 Å². The lowest BCUT2D eigenvalue weighted by molar-refractivity contribution is 0.0988. The van der Waals surface area contributed by atoms with Crippen LogP contribution in [0.15, 0.2) is 83.8 Å². The quantitative estimate of drug-likeness (QED) is 0.439. The smallest absolute Gasteiger partial charge is 0.261 e. The Kier molecular flexibility index (Phi) is 4.51. The van der Waals surface area contributed by atoms with Crippen LogP contribution >= 0.6 is 0 Å². The van der Waals surface area contributed by atoms with Gasteiger partial charge >= 0.3 is 0 Å². The number of hydrogen-bond acceptors (Lipinski definition) is 4. The predicted molar refractivity (Wildman–Crippen MR) is 130 cm³/mol. The third-order valence-electron chi connectivity index (χ3n) is 6.14. The van der Waals surface area contributed by atoms with Crippen LogP contribution in [0, 0.1) is 0 Å². The minimum atomic E-state index is -0.409. The number of aromatic nitrogens is 3. The van der Waals surface area contributed by atoms with Crippen molar-refractivity contribution in [1.82, 2.24) is 14.6 Å². The summed E-state index contributed by atoms with van der Waals surface area (Å²) in [5.74, 6) is -0.483. The van der Waals surface area contributed by atoms with Crippen molar-refractivity contribution in [2.45, 2.75) is 6.42 Å². The van der Waals surface area contributed by atoms with E-state index in [-0.39, 0.29) is 17.0 Å². The minimum absolute atomic E-state index is 0.0742. The summed E-state index contributed by atoms with van der Waals surface area (Å²) < 4.78 is 1.54. The first-order valence-electron chi connectivity index (χ1n) is 10.9. The number of hydrogen-bond donors (Lipinski definition) is 2. The molecule has 0 bridgehead atoms. The molecule has 1 aliphatic heterocycles. The topological polar surface area (TPSA) is 99.6 Å². The van der Waals surface area contributed by atoms with Crippen molar-refractivity contribution in [2.24, 2.45) is 0 Å². The highest BCUT2D eigenvalue weighted by Crippen LogP contribution is 2.29. The molecule has 8 heteroatoms. The molecule has 0 saturated heterocycles. The van der Waals surface area contributed by atoms with Crippen molar-refractivity contribution in [3.05, 3.63) is 106 Å². The minimum Gasteiger partial charge on any atom is -0.322 e. The second-order valence-electron chi connectivity index (χ2n) is 8.16. The number of rotatable bonds is 3. The summed E-state index contributed by atoms with van der Waals surface area (Å²) in [6, 6.07) is 21.8. The maximum Gasteiger partial charge on any atom is 0.261 e. The molecule has 3 aromatic carbocycles. The van der Waals surface area contributed by atoms with Gasteiger partial charge in [-0.25, -0.2) is 4.52 Å². The Morgan fingerprint density at radius 3 is 2.56 bits per heavy atom. The van der Waals surface area contributed by atoms with E-state index in [1.807, 2.05) is 30.3 Å². The van der Waals surface area contributed by atoms with E-state index in [1.165, 1.54) is 11.8 Å².